The standard InChI is InChI=1S/C23H24N6O2S/c24-21-6-4-19(15-25-21)32-20-5-7-22-26-27-23(29(22)16-20)17-2-1-3-18(14-17)31-13-10-28-8-11-30-12-9-28/h1-7,14-16H,8-13H2,(H2,24,25). The summed E-state index contributed by atoms with van der Waals surface area (Å²) < 4.78 is 13.4. The van der Waals surface area contributed by atoms with Crippen molar-refractivity contribution in [2.24, 2.45) is 0 Å². The Balaban J connectivity index is 1.32. The van der Waals surface area contributed by atoms with Crippen molar-refractivity contribution in [3.63, 3.8) is 0 Å². The number of rotatable bonds is 7. The van der Waals surface area contributed by atoms with Gasteiger partial charge in [0.1, 0.15) is 18.2 Å². The minimum atomic E-state index is 0.512. The number of aromatic nitrogens is 4. The van der Waals surface area contributed by atoms with Crippen LogP contribution >= 0.6 is 11.8 Å². The van der Waals surface area contributed by atoms with Gasteiger partial charge in [0.2, 0.25) is 0 Å². The largest absolute Gasteiger partial charge is 0.492 e. The maximum atomic E-state index is 6.01. The summed E-state index contributed by atoms with van der Waals surface area (Å²) in [7, 11) is 0. The number of hydrogen-bond acceptors (Lipinski definition) is 8. The van der Waals surface area contributed by atoms with E-state index in [-0.39, 0.29) is 0 Å². The van der Waals surface area contributed by atoms with E-state index in [9.17, 15) is 0 Å². The fraction of sp³-hybridized carbons (Fsp3) is 0.261. The summed E-state index contributed by atoms with van der Waals surface area (Å²) in [5.74, 6) is 2.11. The van der Waals surface area contributed by atoms with E-state index in [1.165, 1.54) is 0 Å². The molecule has 1 saturated heterocycles. The quantitative estimate of drug-likeness (QED) is 0.461. The van der Waals surface area contributed by atoms with Gasteiger partial charge in [-0.15, -0.1) is 10.2 Å². The highest BCUT2D eigenvalue weighted by molar-refractivity contribution is 7.99. The monoisotopic (exact) mass is 448 g/mol. The topological polar surface area (TPSA) is 90.8 Å². The van der Waals surface area contributed by atoms with Gasteiger partial charge in [0, 0.05) is 47.4 Å². The first-order valence-corrected chi connectivity index (χ1v) is 11.3. The van der Waals surface area contributed by atoms with E-state index in [4.69, 9.17) is 15.2 Å². The molecule has 0 amide bonds. The molecular weight excluding hydrogens is 424 g/mol. The van der Waals surface area contributed by atoms with Crippen molar-refractivity contribution in [2.75, 3.05) is 45.2 Å². The number of morpholine rings is 1. The van der Waals surface area contributed by atoms with Crippen LogP contribution in [0, 0.1) is 0 Å². The normalized spacial score (nSPS) is 14.6. The third kappa shape index (κ3) is 4.85. The predicted octanol–water partition coefficient (Wildman–Crippen LogP) is 3.24. The lowest BCUT2D eigenvalue weighted by Crippen LogP contribution is -2.38. The average Bonchev–Trinajstić information content (AvgIpc) is 3.25. The second-order valence-corrected chi connectivity index (χ2v) is 8.61. The first-order valence-electron chi connectivity index (χ1n) is 10.5. The van der Waals surface area contributed by atoms with Gasteiger partial charge >= 0.3 is 0 Å². The number of nitrogens with two attached hydrogens (primary N) is 1. The van der Waals surface area contributed by atoms with E-state index in [0.29, 0.717) is 12.4 Å². The summed E-state index contributed by atoms with van der Waals surface area (Å²) in [5.41, 5.74) is 7.43. The Hall–Kier alpha value is -3.14. The summed E-state index contributed by atoms with van der Waals surface area (Å²) >= 11 is 1.61. The molecule has 9 heteroatoms. The van der Waals surface area contributed by atoms with E-state index < -0.39 is 0 Å². The molecule has 32 heavy (non-hydrogen) atoms. The summed E-state index contributed by atoms with van der Waals surface area (Å²) in [6.45, 7) is 5.04. The molecule has 0 bridgehead atoms. The van der Waals surface area contributed by atoms with Crippen molar-refractivity contribution in [2.45, 2.75) is 9.79 Å². The summed E-state index contributed by atoms with van der Waals surface area (Å²) in [6, 6.07) is 15.7. The molecule has 0 radical (unpaired) electrons. The Bertz CT molecular complexity index is 1190. The molecule has 0 saturated carbocycles. The van der Waals surface area contributed by atoms with E-state index in [1.807, 2.05) is 53.1 Å². The zero-order valence-corrected chi connectivity index (χ0v) is 18.4. The van der Waals surface area contributed by atoms with E-state index in [2.05, 4.69) is 20.1 Å². The van der Waals surface area contributed by atoms with Crippen molar-refractivity contribution >= 4 is 23.2 Å². The maximum absolute atomic E-state index is 6.01. The number of fused-ring (bicyclic) bond motifs is 1. The first kappa shape index (κ1) is 20.7. The minimum absolute atomic E-state index is 0.512. The van der Waals surface area contributed by atoms with E-state index >= 15 is 0 Å². The van der Waals surface area contributed by atoms with Gasteiger partial charge in [0.25, 0.3) is 0 Å². The maximum Gasteiger partial charge on any atom is 0.168 e. The Morgan fingerprint density at radius 3 is 2.75 bits per heavy atom. The highest BCUT2D eigenvalue weighted by Gasteiger charge is 2.12. The molecule has 0 spiro atoms. The molecule has 5 rings (SSSR count). The smallest absolute Gasteiger partial charge is 0.168 e. The number of nitrogen functional groups attached to an aromatic ring is 1. The Labute approximate surface area is 190 Å². The second-order valence-electron chi connectivity index (χ2n) is 7.47. The van der Waals surface area contributed by atoms with Gasteiger partial charge in [0.05, 0.1) is 13.2 Å². The minimum Gasteiger partial charge on any atom is -0.492 e. The molecule has 1 aromatic carbocycles. The first-order chi connectivity index (χ1) is 15.7. The lowest BCUT2D eigenvalue weighted by atomic mass is 10.2. The third-order valence-corrected chi connectivity index (χ3v) is 6.20. The van der Waals surface area contributed by atoms with Crippen molar-refractivity contribution in [1.82, 2.24) is 24.5 Å². The number of hydrogen-bond donors (Lipinski definition) is 1. The number of anilines is 1. The Morgan fingerprint density at radius 1 is 1.03 bits per heavy atom. The SMILES string of the molecule is Nc1ccc(Sc2ccc3nnc(-c4cccc(OCCN5CCOCC5)c4)n3c2)cn1. The van der Waals surface area contributed by atoms with Gasteiger partial charge in [-0.1, -0.05) is 23.9 Å². The summed E-state index contributed by atoms with van der Waals surface area (Å²) in [4.78, 5) is 8.59. The van der Waals surface area contributed by atoms with Crippen molar-refractivity contribution < 1.29 is 9.47 Å². The molecule has 1 aliphatic rings. The molecule has 1 aliphatic heterocycles. The van der Waals surface area contributed by atoms with Crippen LogP contribution in [-0.2, 0) is 4.74 Å². The van der Waals surface area contributed by atoms with Gasteiger partial charge < -0.3 is 15.2 Å². The molecule has 1 fully saturated rings. The van der Waals surface area contributed by atoms with Crippen LogP contribution in [0.25, 0.3) is 17.0 Å². The highest BCUT2D eigenvalue weighted by Crippen LogP contribution is 2.29. The molecule has 0 atom stereocenters. The van der Waals surface area contributed by atoms with Gasteiger partial charge in [-0.2, -0.15) is 0 Å². The molecule has 0 unspecified atom stereocenters. The molecule has 164 valence electrons. The van der Waals surface area contributed by atoms with Crippen LogP contribution in [0.5, 0.6) is 5.75 Å². The fourth-order valence-corrected chi connectivity index (χ4v) is 4.37. The molecule has 4 heterocycles. The zero-order valence-electron chi connectivity index (χ0n) is 17.6. The van der Waals surface area contributed by atoms with E-state index in [0.717, 1.165) is 65.4 Å². The van der Waals surface area contributed by atoms with Crippen LogP contribution in [0.15, 0.2) is 70.7 Å². The number of nitrogens with zero attached hydrogens (tertiary/aromatic N) is 5. The Morgan fingerprint density at radius 2 is 1.91 bits per heavy atom. The lowest BCUT2D eigenvalue weighted by Gasteiger charge is -2.26. The van der Waals surface area contributed by atoms with Gasteiger partial charge in [-0.25, -0.2) is 4.98 Å². The third-order valence-electron chi connectivity index (χ3n) is 5.24. The van der Waals surface area contributed by atoms with Gasteiger partial charge in [-0.05, 0) is 36.4 Å². The van der Waals surface area contributed by atoms with Crippen LogP contribution in [0.3, 0.4) is 0 Å². The number of pyridine rings is 2. The highest BCUT2D eigenvalue weighted by atomic mass is 32.2. The molecule has 2 N–H and O–H groups in total. The molecule has 0 aliphatic carbocycles. The molecular formula is C23H24N6O2S. The van der Waals surface area contributed by atoms with Crippen molar-refractivity contribution in [1.29, 1.82) is 0 Å². The van der Waals surface area contributed by atoms with Crippen LogP contribution in [-0.4, -0.2) is 63.9 Å². The van der Waals surface area contributed by atoms with Gasteiger partial charge in [0.15, 0.2) is 11.5 Å². The molecule has 4 aromatic rings. The van der Waals surface area contributed by atoms with Crippen LogP contribution < -0.4 is 10.5 Å². The van der Waals surface area contributed by atoms with Gasteiger partial charge in [-0.3, -0.25) is 9.30 Å². The number of ether oxygens (including phenoxy) is 2. The summed E-state index contributed by atoms with van der Waals surface area (Å²) in [5, 5.41) is 8.74. The zero-order chi connectivity index (χ0) is 21.8. The second kappa shape index (κ2) is 9.56. The van der Waals surface area contributed by atoms with E-state index in [1.54, 1.807) is 24.0 Å². The van der Waals surface area contributed by atoms with Crippen molar-refractivity contribution in [3.05, 3.63) is 60.9 Å². The van der Waals surface area contributed by atoms with Crippen molar-refractivity contribution in [3.8, 4) is 17.1 Å². The predicted molar refractivity (Wildman–Crippen MR) is 124 cm³/mol. The van der Waals surface area contributed by atoms with Crippen LogP contribution in [0.4, 0.5) is 5.82 Å². The molecule has 3 aromatic heterocycles. The fourth-order valence-electron chi connectivity index (χ4n) is 3.56. The van der Waals surface area contributed by atoms with Crippen LogP contribution in [0.1, 0.15) is 0 Å². The summed E-state index contributed by atoms with van der Waals surface area (Å²) in [6.07, 6.45) is 3.81. The lowest BCUT2D eigenvalue weighted by molar-refractivity contribution is 0.0322. The Kier molecular flexibility index (Phi) is 6.20. The molecule has 8 nitrogen and oxygen atoms in total. The van der Waals surface area contributed by atoms with Crippen LogP contribution in [0.2, 0.25) is 0 Å². The number of benzene rings is 1. The average molecular weight is 449 g/mol.